The van der Waals surface area contributed by atoms with Crippen molar-refractivity contribution in [3.05, 3.63) is 59.7 Å². The Kier molecular flexibility index (Phi) is 6.95. The van der Waals surface area contributed by atoms with Crippen molar-refractivity contribution in [3.63, 3.8) is 0 Å². The van der Waals surface area contributed by atoms with Crippen LogP contribution in [0.15, 0.2) is 48.5 Å². The number of hydrogen-bond acceptors (Lipinski definition) is 3. The van der Waals surface area contributed by atoms with Crippen LogP contribution in [-0.4, -0.2) is 32.1 Å². The quantitative estimate of drug-likeness (QED) is 0.566. The lowest BCUT2D eigenvalue weighted by molar-refractivity contribution is 0.312. The fourth-order valence-electron chi connectivity index (χ4n) is 2.59. The molecule has 0 aliphatic carbocycles. The molecule has 0 saturated carbocycles. The van der Waals surface area contributed by atoms with Gasteiger partial charge < -0.3 is 15.4 Å². The van der Waals surface area contributed by atoms with Crippen LogP contribution in [0.1, 0.15) is 24.0 Å². The lowest BCUT2D eigenvalue weighted by Gasteiger charge is -2.12. The van der Waals surface area contributed by atoms with Crippen molar-refractivity contribution in [3.8, 4) is 5.75 Å². The molecule has 3 nitrogen and oxygen atoms in total. The lowest BCUT2D eigenvalue weighted by atomic mass is 10.1. The second kappa shape index (κ2) is 9.21. The van der Waals surface area contributed by atoms with Crippen molar-refractivity contribution >= 4 is 5.69 Å². The minimum atomic E-state index is 0.694. The van der Waals surface area contributed by atoms with E-state index in [4.69, 9.17) is 10.5 Å². The van der Waals surface area contributed by atoms with Crippen LogP contribution >= 0.6 is 0 Å². The summed E-state index contributed by atoms with van der Waals surface area (Å²) in [6, 6.07) is 16.7. The molecule has 0 aliphatic rings. The molecule has 0 saturated heterocycles. The van der Waals surface area contributed by atoms with E-state index >= 15 is 0 Å². The smallest absolute Gasteiger partial charge is 0.142 e. The van der Waals surface area contributed by atoms with Crippen LogP contribution in [-0.2, 0) is 12.8 Å². The minimum absolute atomic E-state index is 0.694. The zero-order valence-corrected chi connectivity index (χ0v) is 14.3. The van der Waals surface area contributed by atoms with Crippen LogP contribution in [0.2, 0.25) is 0 Å². The van der Waals surface area contributed by atoms with Gasteiger partial charge in [0.25, 0.3) is 0 Å². The number of nitrogens with zero attached hydrogens (tertiary/aromatic N) is 1. The summed E-state index contributed by atoms with van der Waals surface area (Å²) in [7, 11) is 4.20. The van der Waals surface area contributed by atoms with Gasteiger partial charge in [-0.1, -0.05) is 36.4 Å². The van der Waals surface area contributed by atoms with Crippen molar-refractivity contribution in [2.75, 3.05) is 33.0 Å². The standard InChI is InChI=1S/C20H28N2O/c1-22(2)14-6-10-18-12-13-20(19(21)16-18)23-15-7-11-17-8-4-3-5-9-17/h3-5,8-9,12-13,16H,6-7,10-11,14-15,21H2,1-2H3. The van der Waals surface area contributed by atoms with E-state index in [1.54, 1.807) is 0 Å². The molecular weight excluding hydrogens is 284 g/mol. The first-order valence-corrected chi connectivity index (χ1v) is 8.35. The average Bonchev–Trinajstić information content (AvgIpc) is 2.54. The van der Waals surface area contributed by atoms with E-state index < -0.39 is 0 Å². The third-order valence-corrected chi connectivity index (χ3v) is 3.86. The van der Waals surface area contributed by atoms with E-state index in [-0.39, 0.29) is 0 Å². The molecule has 0 amide bonds. The number of rotatable bonds is 9. The SMILES string of the molecule is CN(C)CCCc1ccc(OCCCc2ccccc2)c(N)c1. The highest BCUT2D eigenvalue weighted by atomic mass is 16.5. The number of ether oxygens (including phenoxy) is 1. The van der Waals surface area contributed by atoms with Gasteiger partial charge in [0.1, 0.15) is 5.75 Å². The summed E-state index contributed by atoms with van der Waals surface area (Å²) in [5.74, 6) is 0.800. The van der Waals surface area contributed by atoms with Crippen LogP contribution in [0.5, 0.6) is 5.75 Å². The molecule has 0 spiro atoms. The van der Waals surface area contributed by atoms with E-state index in [2.05, 4.69) is 49.3 Å². The fourth-order valence-corrected chi connectivity index (χ4v) is 2.59. The van der Waals surface area contributed by atoms with Gasteiger partial charge in [0.15, 0.2) is 0 Å². The Morgan fingerprint density at radius 2 is 1.65 bits per heavy atom. The van der Waals surface area contributed by atoms with Gasteiger partial charge >= 0.3 is 0 Å². The van der Waals surface area contributed by atoms with E-state index in [9.17, 15) is 0 Å². The molecule has 0 unspecified atom stereocenters. The Morgan fingerprint density at radius 3 is 2.35 bits per heavy atom. The van der Waals surface area contributed by atoms with Gasteiger partial charge in [-0.05, 0) is 69.6 Å². The van der Waals surface area contributed by atoms with Gasteiger partial charge in [0.05, 0.1) is 12.3 Å². The maximum atomic E-state index is 6.11. The summed E-state index contributed by atoms with van der Waals surface area (Å²) >= 11 is 0. The highest BCUT2D eigenvalue weighted by Crippen LogP contribution is 2.23. The summed E-state index contributed by atoms with van der Waals surface area (Å²) in [6.45, 7) is 1.79. The summed E-state index contributed by atoms with van der Waals surface area (Å²) in [6.07, 6.45) is 4.22. The summed E-state index contributed by atoms with van der Waals surface area (Å²) in [4.78, 5) is 2.20. The number of benzene rings is 2. The van der Waals surface area contributed by atoms with Crippen LogP contribution in [0.4, 0.5) is 5.69 Å². The molecule has 2 rings (SSSR count). The van der Waals surface area contributed by atoms with E-state index in [0.717, 1.165) is 43.7 Å². The van der Waals surface area contributed by atoms with Crippen LogP contribution < -0.4 is 10.5 Å². The number of hydrogen-bond donors (Lipinski definition) is 1. The highest BCUT2D eigenvalue weighted by molar-refractivity contribution is 5.54. The van der Waals surface area contributed by atoms with Crippen molar-refractivity contribution in [2.24, 2.45) is 0 Å². The minimum Gasteiger partial charge on any atom is -0.491 e. The van der Waals surface area contributed by atoms with Crippen LogP contribution in [0, 0.1) is 0 Å². The molecule has 0 atom stereocenters. The van der Waals surface area contributed by atoms with Crippen molar-refractivity contribution < 1.29 is 4.74 Å². The Labute approximate surface area is 140 Å². The Morgan fingerprint density at radius 1 is 0.913 bits per heavy atom. The Hall–Kier alpha value is -2.00. The normalized spacial score (nSPS) is 10.9. The van der Waals surface area contributed by atoms with Gasteiger partial charge in [-0.25, -0.2) is 0 Å². The zero-order valence-electron chi connectivity index (χ0n) is 14.3. The predicted octanol–water partition coefficient (Wildman–Crippen LogP) is 3.77. The average molecular weight is 312 g/mol. The maximum absolute atomic E-state index is 6.11. The lowest BCUT2D eigenvalue weighted by Crippen LogP contribution is -2.13. The molecule has 23 heavy (non-hydrogen) atoms. The molecule has 2 aromatic rings. The molecule has 0 heterocycles. The number of anilines is 1. The molecule has 0 bridgehead atoms. The zero-order chi connectivity index (χ0) is 16.5. The highest BCUT2D eigenvalue weighted by Gasteiger charge is 2.03. The first kappa shape index (κ1) is 17.4. The van der Waals surface area contributed by atoms with Gasteiger partial charge in [-0.15, -0.1) is 0 Å². The maximum Gasteiger partial charge on any atom is 0.142 e. The van der Waals surface area contributed by atoms with E-state index in [1.807, 2.05) is 18.2 Å². The first-order chi connectivity index (χ1) is 11.1. The van der Waals surface area contributed by atoms with Crippen molar-refractivity contribution in [1.29, 1.82) is 0 Å². The molecule has 0 radical (unpaired) electrons. The summed E-state index contributed by atoms with van der Waals surface area (Å²) in [5, 5.41) is 0. The number of nitrogens with two attached hydrogens (primary N) is 1. The van der Waals surface area contributed by atoms with E-state index in [0.29, 0.717) is 6.61 Å². The summed E-state index contributed by atoms with van der Waals surface area (Å²) < 4.78 is 5.82. The largest absolute Gasteiger partial charge is 0.491 e. The number of nitrogen functional groups attached to an aromatic ring is 1. The third kappa shape index (κ3) is 6.33. The molecule has 2 aromatic carbocycles. The van der Waals surface area contributed by atoms with Crippen LogP contribution in [0.3, 0.4) is 0 Å². The Balaban J connectivity index is 1.75. The third-order valence-electron chi connectivity index (χ3n) is 3.86. The van der Waals surface area contributed by atoms with Gasteiger partial charge in [-0.3, -0.25) is 0 Å². The molecule has 3 heteroatoms. The molecule has 2 N–H and O–H groups in total. The molecule has 124 valence electrons. The topological polar surface area (TPSA) is 38.5 Å². The second-order valence-corrected chi connectivity index (χ2v) is 6.22. The van der Waals surface area contributed by atoms with E-state index in [1.165, 1.54) is 11.1 Å². The monoisotopic (exact) mass is 312 g/mol. The Bertz CT molecular complexity index is 581. The van der Waals surface area contributed by atoms with Crippen LogP contribution in [0.25, 0.3) is 0 Å². The molecule has 0 aliphatic heterocycles. The first-order valence-electron chi connectivity index (χ1n) is 8.35. The van der Waals surface area contributed by atoms with Gasteiger partial charge in [0, 0.05) is 0 Å². The van der Waals surface area contributed by atoms with Crippen molar-refractivity contribution in [2.45, 2.75) is 25.7 Å². The summed E-state index contributed by atoms with van der Waals surface area (Å²) in [5.41, 5.74) is 9.48. The second-order valence-electron chi connectivity index (χ2n) is 6.22. The molecule has 0 aromatic heterocycles. The number of aryl methyl sites for hydroxylation is 2. The predicted molar refractivity (Wildman–Crippen MR) is 98.0 cm³/mol. The fraction of sp³-hybridized carbons (Fsp3) is 0.400. The van der Waals surface area contributed by atoms with Gasteiger partial charge in [0.2, 0.25) is 0 Å². The molecular formula is C20H28N2O. The van der Waals surface area contributed by atoms with Gasteiger partial charge in [-0.2, -0.15) is 0 Å². The molecule has 0 fully saturated rings. The van der Waals surface area contributed by atoms with Crippen molar-refractivity contribution in [1.82, 2.24) is 4.90 Å².